The Morgan fingerprint density at radius 2 is 0.369 bits per heavy atom. The van der Waals surface area contributed by atoms with Crippen LogP contribution in [0.25, 0.3) is 91.7 Å². The number of nitrogens with zero attached hydrogens (tertiary/aromatic N) is 2. The maximum absolute atomic E-state index is 2.49. The molecule has 0 aliphatic carbocycles. The first-order chi connectivity index (χ1) is 41.2. The fourth-order valence-electron chi connectivity index (χ4n) is 11.3. The zero-order valence-electron chi connectivity index (χ0n) is 47.9. The Labute approximate surface area is 494 Å². The molecule has 13 aromatic carbocycles. The van der Waals surface area contributed by atoms with E-state index < -0.39 is 0 Å². The number of fused-ring (bicyclic) bond motifs is 4. The maximum Gasteiger partial charge on any atom is 0.0620 e. The number of anilines is 6. The highest BCUT2D eigenvalue weighted by molar-refractivity contribution is 6.27. The summed E-state index contributed by atoms with van der Waals surface area (Å²) in [5.41, 5.74) is 20.7. The second-order valence-corrected chi connectivity index (χ2v) is 22.2. The number of hydrogen-bond donors (Lipinski definition) is 0. The third-order valence-corrected chi connectivity index (χ3v) is 16.0. The van der Waals surface area contributed by atoms with E-state index in [1.54, 1.807) is 0 Å². The molecule has 0 radical (unpaired) electrons. The smallest absolute Gasteiger partial charge is 0.0620 e. The normalized spacial score (nSPS) is 11.9. The molecule has 84 heavy (non-hydrogen) atoms. The molecule has 0 spiro atoms. The highest BCUT2D eigenvalue weighted by atomic mass is 15.2. The monoisotopic (exact) mass is 1080 g/mol. The molecule has 402 valence electrons. The van der Waals surface area contributed by atoms with Gasteiger partial charge in [0.1, 0.15) is 0 Å². The van der Waals surface area contributed by atoms with Crippen LogP contribution in [0.2, 0.25) is 0 Å². The summed E-state index contributed by atoms with van der Waals surface area (Å²) >= 11 is 0. The fourth-order valence-corrected chi connectivity index (χ4v) is 11.3. The Morgan fingerprint density at radius 1 is 0.202 bits per heavy atom. The molecule has 2 heteroatoms. The lowest BCUT2D eigenvalue weighted by molar-refractivity contribution is 1.29. The van der Waals surface area contributed by atoms with Crippen molar-refractivity contribution in [3.63, 3.8) is 0 Å². The molecule has 0 saturated heterocycles. The van der Waals surface area contributed by atoms with E-state index in [-0.39, 0.29) is 0 Å². The Hall–Kier alpha value is -10.5. The number of rotatable bonds is 14. The van der Waals surface area contributed by atoms with Crippen molar-refractivity contribution < 1.29 is 0 Å². The van der Waals surface area contributed by atoms with Crippen LogP contribution in [0.3, 0.4) is 0 Å². The van der Waals surface area contributed by atoms with E-state index in [1.807, 2.05) is 0 Å². The van der Waals surface area contributed by atoms with Crippen LogP contribution in [-0.2, 0) is 0 Å². The van der Waals surface area contributed by atoms with Gasteiger partial charge in [0.15, 0.2) is 0 Å². The summed E-state index contributed by atoms with van der Waals surface area (Å²) in [4.78, 5) is 4.99. The molecule has 0 atom stereocenters. The fraction of sp³-hybridized carbons (Fsp3) is 0.0488. The lowest BCUT2D eigenvalue weighted by atomic mass is 9.91. The second kappa shape index (κ2) is 23.5. The zero-order valence-corrected chi connectivity index (χ0v) is 47.9. The van der Waals surface area contributed by atoms with E-state index in [0.29, 0.717) is 0 Å². The SMILES string of the molecule is Cc1ccc(C=Cc2ccc(N(c3ccc(C=Cc4ccc(C)cc4)cc3)c3c4cc5ccccc5cc4c(N(c4ccc(C=Cc5ccc(C)cc5)cc4)c4ccc(C=Cc5ccc(C)cc5)cc4)c4cc5ccccc5cc34)cc2)cc1. The van der Waals surface area contributed by atoms with Crippen molar-refractivity contribution >= 4 is 126 Å². The van der Waals surface area contributed by atoms with Crippen LogP contribution in [0.5, 0.6) is 0 Å². The second-order valence-electron chi connectivity index (χ2n) is 22.2. The van der Waals surface area contributed by atoms with E-state index in [4.69, 9.17) is 0 Å². The van der Waals surface area contributed by atoms with Gasteiger partial charge in [-0.3, -0.25) is 0 Å². The predicted molar refractivity (Wildman–Crippen MR) is 366 cm³/mol. The van der Waals surface area contributed by atoms with Crippen molar-refractivity contribution in [2.75, 3.05) is 9.80 Å². The molecule has 0 aliphatic heterocycles. The van der Waals surface area contributed by atoms with Crippen LogP contribution in [0.4, 0.5) is 34.1 Å². The Morgan fingerprint density at radius 3 is 0.548 bits per heavy atom. The minimum Gasteiger partial charge on any atom is -0.309 e. The number of hydrogen-bond acceptors (Lipinski definition) is 2. The van der Waals surface area contributed by atoms with E-state index >= 15 is 0 Å². The van der Waals surface area contributed by atoms with Crippen LogP contribution in [-0.4, -0.2) is 0 Å². The summed E-state index contributed by atoms with van der Waals surface area (Å²) in [7, 11) is 0. The average molecular weight is 1080 g/mol. The maximum atomic E-state index is 2.49. The van der Waals surface area contributed by atoms with Crippen molar-refractivity contribution in [1.29, 1.82) is 0 Å². The van der Waals surface area contributed by atoms with Gasteiger partial charge in [-0.2, -0.15) is 0 Å². The summed E-state index contributed by atoms with van der Waals surface area (Å²) < 4.78 is 0. The van der Waals surface area contributed by atoms with Gasteiger partial charge in [-0.05, 0) is 167 Å². The third kappa shape index (κ3) is 11.5. The summed E-state index contributed by atoms with van der Waals surface area (Å²) in [6, 6.07) is 98.3. The molecule has 0 heterocycles. The summed E-state index contributed by atoms with van der Waals surface area (Å²) in [5.74, 6) is 0. The Bertz CT molecular complexity index is 4010. The molecule has 0 unspecified atom stereocenters. The highest BCUT2D eigenvalue weighted by Crippen LogP contribution is 2.53. The van der Waals surface area contributed by atoms with E-state index in [2.05, 4.69) is 353 Å². The van der Waals surface area contributed by atoms with Crippen molar-refractivity contribution in [2.45, 2.75) is 27.7 Å². The summed E-state index contributed by atoms with van der Waals surface area (Å²) in [5, 5.41) is 9.24. The van der Waals surface area contributed by atoms with Gasteiger partial charge in [0.25, 0.3) is 0 Å². The first-order valence-electron chi connectivity index (χ1n) is 29.0. The minimum atomic E-state index is 1.06. The van der Waals surface area contributed by atoms with Crippen LogP contribution in [0.1, 0.15) is 66.8 Å². The third-order valence-electron chi connectivity index (χ3n) is 16.0. The van der Waals surface area contributed by atoms with Crippen molar-refractivity contribution in [3.8, 4) is 0 Å². The quantitative estimate of drug-likeness (QED) is 0.0608. The molecule has 2 nitrogen and oxygen atoms in total. The largest absolute Gasteiger partial charge is 0.309 e. The van der Waals surface area contributed by atoms with Crippen LogP contribution in [0.15, 0.2) is 267 Å². The lowest BCUT2D eigenvalue weighted by Gasteiger charge is -2.33. The molecule has 13 aromatic rings. The Kier molecular flexibility index (Phi) is 14.8. The molecule has 0 bridgehead atoms. The molecule has 0 aliphatic rings. The minimum absolute atomic E-state index is 1.06. The molecular formula is C82H64N2. The van der Waals surface area contributed by atoms with Crippen LogP contribution in [0, 0.1) is 27.7 Å². The van der Waals surface area contributed by atoms with Gasteiger partial charge in [0, 0.05) is 44.3 Å². The first-order valence-corrected chi connectivity index (χ1v) is 29.0. The average Bonchev–Trinajstić information content (AvgIpc) is 3.70. The van der Waals surface area contributed by atoms with Gasteiger partial charge >= 0.3 is 0 Å². The van der Waals surface area contributed by atoms with Gasteiger partial charge in [0.2, 0.25) is 0 Å². The van der Waals surface area contributed by atoms with Gasteiger partial charge in [-0.25, -0.2) is 0 Å². The predicted octanol–water partition coefficient (Wildman–Crippen LogP) is 23.2. The number of aryl methyl sites for hydroxylation is 4. The summed E-state index contributed by atoms with van der Waals surface area (Å²) in [6.07, 6.45) is 17.6. The van der Waals surface area contributed by atoms with E-state index in [1.165, 1.54) is 66.1 Å². The van der Waals surface area contributed by atoms with Gasteiger partial charge in [-0.15, -0.1) is 0 Å². The van der Waals surface area contributed by atoms with Crippen LogP contribution < -0.4 is 9.80 Å². The van der Waals surface area contributed by atoms with Crippen LogP contribution >= 0.6 is 0 Å². The van der Waals surface area contributed by atoms with Crippen molar-refractivity contribution in [1.82, 2.24) is 0 Å². The highest BCUT2D eigenvalue weighted by Gasteiger charge is 2.27. The topological polar surface area (TPSA) is 6.48 Å². The zero-order chi connectivity index (χ0) is 56.9. The molecule has 0 N–H and O–H groups in total. The van der Waals surface area contributed by atoms with E-state index in [0.717, 1.165) is 77.9 Å². The van der Waals surface area contributed by atoms with Gasteiger partial charge in [-0.1, -0.05) is 265 Å². The van der Waals surface area contributed by atoms with E-state index in [9.17, 15) is 0 Å². The molecule has 0 aromatic heterocycles. The van der Waals surface area contributed by atoms with Crippen molar-refractivity contribution in [2.24, 2.45) is 0 Å². The molecule has 0 amide bonds. The molecule has 0 fully saturated rings. The molecule has 13 rings (SSSR count). The lowest BCUT2D eigenvalue weighted by Crippen LogP contribution is -2.15. The Balaban J connectivity index is 1.04. The van der Waals surface area contributed by atoms with Gasteiger partial charge in [0.05, 0.1) is 11.4 Å². The summed E-state index contributed by atoms with van der Waals surface area (Å²) in [6.45, 7) is 8.52. The van der Waals surface area contributed by atoms with Crippen molar-refractivity contribution in [3.05, 3.63) is 334 Å². The molecular weight excluding hydrogens is 1010 g/mol. The number of benzene rings is 13. The molecule has 0 saturated carbocycles. The van der Waals surface area contributed by atoms with Gasteiger partial charge < -0.3 is 9.80 Å². The standard InChI is InChI=1S/C82H64N2/c1-57-13-21-61(22-14-57)29-33-65-37-45-73(46-38-65)83(74-47-39-66(40-48-74)34-30-62-23-15-58(2)16-24-62)81-77-53-69-9-5-7-11-71(69)55-79(77)82(80-56-72-12-8-6-10-70(72)54-78(80)81)84(75-49-41-67(42-50-75)35-31-63-25-17-59(3)18-26-63)76-51-43-68(44-52-76)36-32-64-27-19-60(4)20-28-64/h5-56H,1-4H3. The first kappa shape index (κ1) is 52.8.